The van der Waals surface area contributed by atoms with E-state index in [1.807, 2.05) is 27.7 Å². The minimum Gasteiger partial charge on any atom is -0.369 e. The molecule has 98 valence electrons. The SMILES string of the molecule is CC(C)(C)NCC(=O)N1CCC(C)(C(N)=O)C1. The lowest BCUT2D eigenvalue weighted by molar-refractivity contribution is -0.131. The number of nitrogens with two attached hydrogens (primary N) is 1. The molecule has 1 aliphatic heterocycles. The summed E-state index contributed by atoms with van der Waals surface area (Å²) >= 11 is 0. The molecule has 1 aliphatic rings. The fraction of sp³-hybridized carbons (Fsp3) is 0.833. The highest BCUT2D eigenvalue weighted by molar-refractivity contribution is 5.84. The zero-order chi connectivity index (χ0) is 13.3. The highest BCUT2D eigenvalue weighted by atomic mass is 16.2. The number of nitrogens with one attached hydrogen (secondary N) is 1. The van der Waals surface area contributed by atoms with Crippen molar-refractivity contribution in [3.63, 3.8) is 0 Å². The summed E-state index contributed by atoms with van der Waals surface area (Å²) in [4.78, 5) is 24.9. The van der Waals surface area contributed by atoms with Gasteiger partial charge in [0.25, 0.3) is 0 Å². The van der Waals surface area contributed by atoms with Crippen LogP contribution in [0.25, 0.3) is 0 Å². The highest BCUT2D eigenvalue weighted by Crippen LogP contribution is 2.29. The van der Waals surface area contributed by atoms with Crippen LogP contribution in [0.1, 0.15) is 34.1 Å². The largest absolute Gasteiger partial charge is 0.369 e. The minimum atomic E-state index is -0.558. The Bertz CT molecular complexity index is 322. The molecule has 1 rings (SSSR count). The van der Waals surface area contributed by atoms with Gasteiger partial charge in [0.2, 0.25) is 11.8 Å². The van der Waals surface area contributed by atoms with Gasteiger partial charge in [-0.3, -0.25) is 9.59 Å². The molecule has 0 bridgehead atoms. The van der Waals surface area contributed by atoms with Crippen LogP contribution in [0.3, 0.4) is 0 Å². The second-order valence-electron chi connectivity index (χ2n) is 6.09. The van der Waals surface area contributed by atoms with Gasteiger partial charge in [0.05, 0.1) is 12.0 Å². The smallest absolute Gasteiger partial charge is 0.236 e. The monoisotopic (exact) mass is 241 g/mol. The fourth-order valence-electron chi connectivity index (χ4n) is 1.83. The zero-order valence-electron chi connectivity index (χ0n) is 11.2. The van der Waals surface area contributed by atoms with Gasteiger partial charge in [0.15, 0.2) is 0 Å². The van der Waals surface area contributed by atoms with Gasteiger partial charge < -0.3 is 16.0 Å². The summed E-state index contributed by atoms with van der Waals surface area (Å²) in [6.07, 6.45) is 0.656. The summed E-state index contributed by atoms with van der Waals surface area (Å²) in [5.74, 6) is -0.290. The number of hydrogen-bond acceptors (Lipinski definition) is 3. The van der Waals surface area contributed by atoms with Crippen LogP contribution >= 0.6 is 0 Å². The summed E-state index contributed by atoms with van der Waals surface area (Å²) in [5.41, 5.74) is 4.71. The summed E-state index contributed by atoms with van der Waals surface area (Å²) in [6.45, 7) is 9.21. The number of primary amides is 1. The predicted molar refractivity (Wildman–Crippen MR) is 66.3 cm³/mol. The van der Waals surface area contributed by atoms with Crippen LogP contribution in [-0.4, -0.2) is 41.9 Å². The standard InChI is InChI=1S/C12H23N3O2/c1-11(2,3)14-7-9(16)15-6-5-12(4,8-15)10(13)17/h14H,5-8H2,1-4H3,(H2,13,17). The second kappa shape index (κ2) is 4.64. The number of rotatable bonds is 3. The van der Waals surface area contributed by atoms with Crippen LogP contribution in [0, 0.1) is 5.41 Å². The van der Waals surface area contributed by atoms with Gasteiger partial charge in [-0.25, -0.2) is 0 Å². The molecule has 17 heavy (non-hydrogen) atoms. The summed E-state index contributed by atoms with van der Waals surface area (Å²) in [6, 6.07) is 0. The van der Waals surface area contributed by atoms with Crippen LogP contribution in [0.15, 0.2) is 0 Å². The van der Waals surface area contributed by atoms with Crippen molar-refractivity contribution < 1.29 is 9.59 Å². The van der Waals surface area contributed by atoms with Crippen LogP contribution < -0.4 is 11.1 Å². The Morgan fingerprint density at radius 2 is 2.00 bits per heavy atom. The Kier molecular flexibility index (Phi) is 3.81. The van der Waals surface area contributed by atoms with Crippen LogP contribution in [-0.2, 0) is 9.59 Å². The fourth-order valence-corrected chi connectivity index (χ4v) is 1.83. The molecule has 1 atom stereocenters. The number of hydrogen-bond donors (Lipinski definition) is 2. The Morgan fingerprint density at radius 1 is 1.41 bits per heavy atom. The third-order valence-electron chi connectivity index (χ3n) is 3.19. The number of carbonyl (C=O) groups excluding carboxylic acids is 2. The lowest BCUT2D eigenvalue weighted by Gasteiger charge is -2.24. The molecule has 2 amide bonds. The number of amides is 2. The molecule has 3 N–H and O–H groups in total. The molecule has 0 saturated carbocycles. The van der Waals surface area contributed by atoms with Crippen molar-refractivity contribution in [3.8, 4) is 0 Å². The Balaban J connectivity index is 2.49. The summed E-state index contributed by atoms with van der Waals surface area (Å²) < 4.78 is 0. The topological polar surface area (TPSA) is 75.4 Å². The van der Waals surface area contributed by atoms with Crippen molar-refractivity contribution in [2.75, 3.05) is 19.6 Å². The van der Waals surface area contributed by atoms with Gasteiger partial charge >= 0.3 is 0 Å². The molecule has 0 spiro atoms. The van der Waals surface area contributed by atoms with E-state index in [0.717, 1.165) is 0 Å². The van der Waals surface area contributed by atoms with Gasteiger partial charge in [0.1, 0.15) is 0 Å². The Labute approximate surface area is 103 Å². The highest BCUT2D eigenvalue weighted by Gasteiger charge is 2.40. The summed E-state index contributed by atoms with van der Waals surface area (Å²) in [7, 11) is 0. The molecule has 0 radical (unpaired) electrons. The molecular weight excluding hydrogens is 218 g/mol. The van der Waals surface area contributed by atoms with E-state index in [0.29, 0.717) is 26.1 Å². The van der Waals surface area contributed by atoms with Crippen LogP contribution in [0.2, 0.25) is 0 Å². The van der Waals surface area contributed by atoms with E-state index < -0.39 is 5.41 Å². The molecule has 1 saturated heterocycles. The van der Waals surface area contributed by atoms with Gasteiger partial charge in [-0.2, -0.15) is 0 Å². The minimum absolute atomic E-state index is 0.0323. The van der Waals surface area contributed by atoms with E-state index in [9.17, 15) is 9.59 Å². The van der Waals surface area contributed by atoms with E-state index in [-0.39, 0.29) is 17.4 Å². The van der Waals surface area contributed by atoms with Crippen molar-refractivity contribution in [2.45, 2.75) is 39.7 Å². The first-order valence-corrected chi connectivity index (χ1v) is 5.97. The van der Waals surface area contributed by atoms with Crippen LogP contribution in [0.5, 0.6) is 0 Å². The van der Waals surface area contributed by atoms with Gasteiger partial charge in [0, 0.05) is 18.6 Å². The van der Waals surface area contributed by atoms with E-state index in [4.69, 9.17) is 5.73 Å². The predicted octanol–water partition coefficient (Wildman–Crippen LogP) is 0.0984. The number of carbonyl (C=O) groups is 2. The average molecular weight is 241 g/mol. The van der Waals surface area contributed by atoms with E-state index in [1.165, 1.54) is 0 Å². The second-order valence-corrected chi connectivity index (χ2v) is 6.09. The molecule has 0 aromatic carbocycles. The van der Waals surface area contributed by atoms with Crippen molar-refractivity contribution in [2.24, 2.45) is 11.1 Å². The van der Waals surface area contributed by atoms with Gasteiger partial charge in [-0.15, -0.1) is 0 Å². The number of likely N-dealkylation sites (tertiary alicyclic amines) is 1. The van der Waals surface area contributed by atoms with E-state index in [2.05, 4.69) is 5.32 Å². The maximum absolute atomic E-state index is 11.9. The molecule has 0 aromatic rings. The number of nitrogens with zero attached hydrogens (tertiary/aromatic N) is 1. The Morgan fingerprint density at radius 3 is 2.41 bits per heavy atom. The molecule has 1 heterocycles. The average Bonchev–Trinajstić information content (AvgIpc) is 2.58. The van der Waals surface area contributed by atoms with Crippen molar-refractivity contribution in [1.82, 2.24) is 10.2 Å². The maximum atomic E-state index is 11.9. The molecule has 1 unspecified atom stereocenters. The van der Waals surface area contributed by atoms with Crippen molar-refractivity contribution >= 4 is 11.8 Å². The first-order valence-electron chi connectivity index (χ1n) is 5.97. The first kappa shape index (κ1) is 14.0. The lowest BCUT2D eigenvalue weighted by atomic mass is 9.89. The van der Waals surface area contributed by atoms with Crippen molar-refractivity contribution in [3.05, 3.63) is 0 Å². The third kappa shape index (κ3) is 3.70. The van der Waals surface area contributed by atoms with Crippen LogP contribution in [0.4, 0.5) is 0 Å². The first-order chi connectivity index (χ1) is 7.64. The van der Waals surface area contributed by atoms with E-state index >= 15 is 0 Å². The molecule has 1 fully saturated rings. The Hall–Kier alpha value is -1.10. The molecule has 0 aliphatic carbocycles. The third-order valence-corrected chi connectivity index (χ3v) is 3.19. The molecular formula is C12H23N3O2. The maximum Gasteiger partial charge on any atom is 0.236 e. The van der Waals surface area contributed by atoms with E-state index in [1.54, 1.807) is 4.90 Å². The lowest BCUT2D eigenvalue weighted by Crippen LogP contribution is -2.45. The normalized spacial score (nSPS) is 25.1. The van der Waals surface area contributed by atoms with Crippen molar-refractivity contribution in [1.29, 1.82) is 0 Å². The van der Waals surface area contributed by atoms with Gasteiger partial charge in [-0.1, -0.05) is 0 Å². The van der Waals surface area contributed by atoms with Gasteiger partial charge in [-0.05, 0) is 34.1 Å². The quantitative estimate of drug-likeness (QED) is 0.735. The molecule has 0 aromatic heterocycles. The zero-order valence-corrected chi connectivity index (χ0v) is 11.2. The summed E-state index contributed by atoms with van der Waals surface area (Å²) in [5, 5.41) is 3.15. The molecule has 5 heteroatoms. The molecule has 5 nitrogen and oxygen atoms in total.